The van der Waals surface area contributed by atoms with Crippen molar-refractivity contribution in [3.63, 3.8) is 0 Å². The van der Waals surface area contributed by atoms with Crippen LogP contribution in [0.1, 0.15) is 37.9 Å². The first kappa shape index (κ1) is 14.1. The summed E-state index contributed by atoms with van der Waals surface area (Å²) in [7, 11) is 0. The predicted molar refractivity (Wildman–Crippen MR) is 66.4 cm³/mol. The van der Waals surface area contributed by atoms with Crippen LogP contribution in [0.3, 0.4) is 0 Å². The first-order valence-corrected chi connectivity index (χ1v) is 6.03. The monoisotopic (exact) mass is 291 g/mol. The van der Waals surface area contributed by atoms with Crippen molar-refractivity contribution < 1.29 is 13.2 Å². The van der Waals surface area contributed by atoms with E-state index in [-0.39, 0.29) is 10.7 Å². The van der Waals surface area contributed by atoms with Crippen molar-refractivity contribution >= 4 is 17.1 Å². The van der Waals surface area contributed by atoms with E-state index < -0.39 is 17.2 Å². The summed E-state index contributed by atoms with van der Waals surface area (Å²) < 4.78 is 40.3. The molecule has 2 rings (SSSR count). The van der Waals surface area contributed by atoms with E-state index in [1.165, 1.54) is 0 Å². The van der Waals surface area contributed by atoms with Crippen molar-refractivity contribution in [2.75, 3.05) is 0 Å². The Kier molecular flexibility index (Phi) is 3.04. The number of hydrogen-bond donors (Lipinski definition) is 0. The maximum Gasteiger partial charge on any atom is 0.418 e. The fourth-order valence-electron chi connectivity index (χ4n) is 1.92. The van der Waals surface area contributed by atoms with Crippen LogP contribution < -0.4 is 0 Å². The third kappa shape index (κ3) is 2.41. The summed E-state index contributed by atoms with van der Waals surface area (Å²) in [6.07, 6.45) is -4.49. The lowest BCUT2D eigenvalue weighted by Gasteiger charge is -2.20. The average Bonchev–Trinajstić information content (AvgIpc) is 2.53. The highest BCUT2D eigenvalue weighted by Gasteiger charge is 2.38. The van der Waals surface area contributed by atoms with Crippen molar-refractivity contribution in [2.45, 2.75) is 39.3 Å². The summed E-state index contributed by atoms with van der Waals surface area (Å²) in [4.78, 5) is 4.17. The third-order valence-electron chi connectivity index (χ3n) is 2.69. The maximum atomic E-state index is 13.1. The number of rotatable bonds is 0. The third-order valence-corrected chi connectivity index (χ3v) is 2.96. The van der Waals surface area contributed by atoms with Crippen LogP contribution in [0.15, 0.2) is 6.07 Å². The van der Waals surface area contributed by atoms with Crippen LogP contribution in [-0.4, -0.2) is 14.6 Å². The van der Waals surface area contributed by atoms with Crippen LogP contribution in [0.4, 0.5) is 13.2 Å². The number of halogens is 4. The highest BCUT2D eigenvalue weighted by molar-refractivity contribution is 6.30. The van der Waals surface area contributed by atoms with Crippen LogP contribution in [0.25, 0.3) is 5.52 Å². The normalized spacial score (nSPS) is 13.3. The molecule has 0 aliphatic heterocycles. The van der Waals surface area contributed by atoms with Crippen LogP contribution in [-0.2, 0) is 11.6 Å². The Morgan fingerprint density at radius 3 is 2.26 bits per heavy atom. The summed E-state index contributed by atoms with van der Waals surface area (Å²) in [6, 6.07) is 0.889. The number of hydrogen-bond acceptors (Lipinski definition) is 2. The molecule has 0 aliphatic rings. The van der Waals surface area contributed by atoms with Gasteiger partial charge in [-0.25, -0.2) is 9.50 Å². The van der Waals surface area contributed by atoms with E-state index in [1.54, 1.807) is 27.7 Å². The van der Waals surface area contributed by atoms with Gasteiger partial charge < -0.3 is 0 Å². The summed E-state index contributed by atoms with van der Waals surface area (Å²) in [5, 5.41) is 3.89. The minimum Gasteiger partial charge on any atom is -0.234 e. The van der Waals surface area contributed by atoms with Crippen molar-refractivity contribution in [3.8, 4) is 0 Å². The molecule has 2 aromatic heterocycles. The molecule has 3 nitrogen and oxygen atoms in total. The van der Waals surface area contributed by atoms with E-state index in [0.29, 0.717) is 11.5 Å². The van der Waals surface area contributed by atoms with E-state index in [0.717, 1.165) is 10.6 Å². The van der Waals surface area contributed by atoms with E-state index in [2.05, 4.69) is 10.1 Å². The molecule has 0 unspecified atom stereocenters. The molecule has 0 fully saturated rings. The second-order valence-corrected chi connectivity index (χ2v) is 5.78. The van der Waals surface area contributed by atoms with Crippen molar-refractivity contribution in [2.24, 2.45) is 0 Å². The molecule has 0 bridgehead atoms. The van der Waals surface area contributed by atoms with Crippen LogP contribution >= 0.6 is 11.6 Å². The minimum atomic E-state index is -4.49. The highest BCUT2D eigenvalue weighted by Crippen LogP contribution is 2.39. The molecule has 0 saturated heterocycles. The zero-order valence-corrected chi connectivity index (χ0v) is 11.7. The van der Waals surface area contributed by atoms with Crippen molar-refractivity contribution in [1.29, 1.82) is 0 Å². The SMILES string of the molecule is Cc1nc(C(C)(C)C)c2c(C(F)(F)F)cc(Cl)n2n1. The van der Waals surface area contributed by atoms with Gasteiger partial charge >= 0.3 is 6.18 Å². The van der Waals surface area contributed by atoms with Gasteiger partial charge in [0.1, 0.15) is 16.5 Å². The number of alkyl halides is 3. The Labute approximate surface area is 113 Å². The predicted octanol–water partition coefficient (Wildman–Crippen LogP) is 4.01. The quantitative estimate of drug-likeness (QED) is 0.734. The van der Waals surface area contributed by atoms with Crippen molar-refractivity contribution in [1.82, 2.24) is 14.6 Å². The lowest BCUT2D eigenvalue weighted by atomic mass is 9.90. The van der Waals surface area contributed by atoms with Gasteiger partial charge in [0.05, 0.1) is 11.3 Å². The van der Waals surface area contributed by atoms with Gasteiger partial charge in [0.2, 0.25) is 0 Å². The van der Waals surface area contributed by atoms with Crippen LogP contribution in [0, 0.1) is 6.92 Å². The molecule has 0 saturated carbocycles. The molecule has 0 amide bonds. The average molecular weight is 292 g/mol. The van der Waals surface area contributed by atoms with Gasteiger partial charge in [-0.05, 0) is 13.0 Å². The second-order valence-electron chi connectivity index (χ2n) is 5.40. The Bertz CT molecular complexity index is 638. The molecule has 2 aromatic rings. The molecule has 19 heavy (non-hydrogen) atoms. The molecule has 0 aliphatic carbocycles. The maximum absolute atomic E-state index is 13.1. The summed E-state index contributed by atoms with van der Waals surface area (Å²) in [5.74, 6) is 0.378. The van der Waals surface area contributed by atoms with E-state index >= 15 is 0 Å². The van der Waals surface area contributed by atoms with E-state index in [9.17, 15) is 13.2 Å². The Balaban J connectivity index is 2.96. The van der Waals surface area contributed by atoms with E-state index in [4.69, 9.17) is 11.6 Å². The van der Waals surface area contributed by atoms with Gasteiger partial charge in [0, 0.05) is 5.41 Å². The minimum absolute atomic E-state index is 0.0710. The number of aromatic nitrogens is 3. The molecule has 0 atom stereocenters. The smallest absolute Gasteiger partial charge is 0.234 e. The standard InChI is InChI=1S/C12H13ClF3N3/c1-6-17-10(11(2,3)4)9-7(12(14,15)16)5-8(13)19(9)18-6/h5H,1-4H3. The van der Waals surface area contributed by atoms with Gasteiger partial charge in [0.15, 0.2) is 0 Å². The lowest BCUT2D eigenvalue weighted by molar-refractivity contribution is -0.136. The highest BCUT2D eigenvalue weighted by atomic mass is 35.5. The zero-order chi connectivity index (χ0) is 14.6. The summed E-state index contributed by atoms with van der Waals surface area (Å²) in [6.45, 7) is 7.03. The van der Waals surface area contributed by atoms with Crippen LogP contribution in [0.2, 0.25) is 5.15 Å². The number of fused-ring (bicyclic) bond motifs is 1. The van der Waals surface area contributed by atoms with Crippen LogP contribution in [0.5, 0.6) is 0 Å². The van der Waals surface area contributed by atoms with Gasteiger partial charge in [-0.3, -0.25) is 0 Å². The Morgan fingerprint density at radius 1 is 1.21 bits per heavy atom. The molecule has 0 radical (unpaired) electrons. The van der Waals surface area contributed by atoms with Gasteiger partial charge in [-0.2, -0.15) is 18.3 Å². The summed E-state index contributed by atoms with van der Waals surface area (Å²) >= 11 is 5.85. The molecule has 2 heterocycles. The van der Waals surface area contributed by atoms with E-state index in [1.807, 2.05) is 0 Å². The first-order chi connectivity index (χ1) is 8.51. The van der Waals surface area contributed by atoms with Gasteiger partial charge in [-0.15, -0.1) is 0 Å². The molecule has 0 spiro atoms. The zero-order valence-electron chi connectivity index (χ0n) is 10.9. The molecule has 104 valence electrons. The van der Waals surface area contributed by atoms with Gasteiger partial charge in [0.25, 0.3) is 0 Å². The summed E-state index contributed by atoms with van der Waals surface area (Å²) in [5.41, 5.74) is -1.09. The fourth-order valence-corrected chi connectivity index (χ4v) is 2.15. The number of nitrogens with zero attached hydrogens (tertiary/aromatic N) is 3. The van der Waals surface area contributed by atoms with Gasteiger partial charge in [-0.1, -0.05) is 32.4 Å². The molecular formula is C12H13ClF3N3. The molecular weight excluding hydrogens is 279 g/mol. The Hall–Kier alpha value is -1.30. The lowest BCUT2D eigenvalue weighted by Crippen LogP contribution is -2.19. The van der Waals surface area contributed by atoms with Crippen molar-refractivity contribution in [3.05, 3.63) is 28.3 Å². The largest absolute Gasteiger partial charge is 0.418 e. The fraction of sp³-hybridized carbons (Fsp3) is 0.500. The molecule has 0 aromatic carbocycles. The first-order valence-electron chi connectivity index (χ1n) is 5.65. The Morgan fingerprint density at radius 2 is 1.79 bits per heavy atom. The molecule has 7 heteroatoms. The second kappa shape index (κ2) is 4.10. The number of aryl methyl sites for hydroxylation is 1. The topological polar surface area (TPSA) is 30.2 Å². The molecule has 0 N–H and O–H groups in total.